The smallest absolute Gasteiger partial charge is 0.272 e. The highest BCUT2D eigenvalue weighted by Crippen LogP contribution is 2.49. The standard InChI is InChI=1S/C17H18F3N3O2/c18-12-2-1-3-14(6-12)25-10-13-7-15-16(24)22(4-5-23(15)21-13)9-11-8-17(11,19)20/h2,6-7,11H,1,3-5,8-10H2/t11-/m1/s1. The third-order valence-electron chi connectivity index (χ3n) is 4.75. The van der Waals surface area contributed by atoms with Crippen LogP contribution in [0.15, 0.2) is 29.8 Å². The molecule has 134 valence electrons. The average molecular weight is 353 g/mol. The van der Waals surface area contributed by atoms with Crippen LogP contribution in [0.1, 0.15) is 35.4 Å². The van der Waals surface area contributed by atoms with Crippen LogP contribution in [0, 0.1) is 5.92 Å². The van der Waals surface area contributed by atoms with Gasteiger partial charge in [0.1, 0.15) is 23.8 Å². The van der Waals surface area contributed by atoms with Gasteiger partial charge in [-0.2, -0.15) is 5.10 Å². The lowest BCUT2D eigenvalue weighted by molar-refractivity contribution is 0.0602. The maximum atomic E-state index is 13.2. The highest BCUT2D eigenvalue weighted by Gasteiger charge is 2.57. The van der Waals surface area contributed by atoms with Crippen LogP contribution in [0.2, 0.25) is 0 Å². The molecule has 1 aromatic heterocycles. The molecule has 8 heteroatoms. The summed E-state index contributed by atoms with van der Waals surface area (Å²) in [5.74, 6) is -3.40. The number of allylic oxidation sites excluding steroid dienone is 4. The first-order chi connectivity index (χ1) is 11.9. The average Bonchev–Trinajstić information content (AvgIpc) is 2.98. The van der Waals surface area contributed by atoms with E-state index in [0.29, 0.717) is 43.1 Å². The number of aromatic nitrogens is 2. The van der Waals surface area contributed by atoms with E-state index in [1.807, 2.05) is 0 Å². The van der Waals surface area contributed by atoms with E-state index in [0.717, 1.165) is 0 Å². The molecule has 1 fully saturated rings. The van der Waals surface area contributed by atoms with Crippen molar-refractivity contribution in [3.63, 3.8) is 0 Å². The summed E-state index contributed by atoms with van der Waals surface area (Å²) in [7, 11) is 0. The van der Waals surface area contributed by atoms with E-state index < -0.39 is 11.8 Å². The molecule has 1 aliphatic heterocycles. The molecule has 0 saturated heterocycles. The normalized spacial score (nSPS) is 24.5. The second-order valence-corrected chi connectivity index (χ2v) is 6.68. The number of hydrogen-bond donors (Lipinski definition) is 0. The van der Waals surface area contributed by atoms with Crippen LogP contribution in [0.3, 0.4) is 0 Å². The van der Waals surface area contributed by atoms with Crippen molar-refractivity contribution >= 4 is 5.91 Å². The minimum absolute atomic E-state index is 0.0847. The van der Waals surface area contributed by atoms with Gasteiger partial charge in [-0.3, -0.25) is 9.48 Å². The number of halogens is 3. The van der Waals surface area contributed by atoms with Crippen molar-refractivity contribution in [3.8, 4) is 0 Å². The van der Waals surface area contributed by atoms with Gasteiger partial charge in [0.15, 0.2) is 0 Å². The Morgan fingerprint density at radius 3 is 2.88 bits per heavy atom. The molecule has 0 radical (unpaired) electrons. The molecule has 1 aromatic rings. The first-order valence-electron chi connectivity index (χ1n) is 8.35. The molecule has 2 heterocycles. The van der Waals surface area contributed by atoms with Gasteiger partial charge in [-0.25, -0.2) is 13.2 Å². The second-order valence-electron chi connectivity index (χ2n) is 6.68. The van der Waals surface area contributed by atoms with Crippen LogP contribution in [0.5, 0.6) is 0 Å². The Kier molecular flexibility index (Phi) is 3.85. The number of fused-ring (bicyclic) bond motifs is 1. The molecular formula is C17H18F3N3O2. The van der Waals surface area contributed by atoms with Crippen LogP contribution < -0.4 is 0 Å². The molecule has 25 heavy (non-hydrogen) atoms. The maximum Gasteiger partial charge on any atom is 0.272 e. The van der Waals surface area contributed by atoms with E-state index in [-0.39, 0.29) is 31.3 Å². The van der Waals surface area contributed by atoms with Gasteiger partial charge >= 0.3 is 0 Å². The van der Waals surface area contributed by atoms with Gasteiger partial charge in [-0.15, -0.1) is 0 Å². The molecular weight excluding hydrogens is 335 g/mol. The van der Waals surface area contributed by atoms with Crippen molar-refractivity contribution in [2.45, 2.75) is 38.3 Å². The monoisotopic (exact) mass is 353 g/mol. The van der Waals surface area contributed by atoms with Gasteiger partial charge in [-0.05, 0) is 18.6 Å². The minimum atomic E-state index is -2.63. The van der Waals surface area contributed by atoms with Crippen molar-refractivity contribution < 1.29 is 22.7 Å². The Labute approximate surface area is 142 Å². The molecule has 1 amide bonds. The molecule has 3 aliphatic rings. The fourth-order valence-corrected chi connectivity index (χ4v) is 3.19. The largest absolute Gasteiger partial charge is 0.491 e. The van der Waals surface area contributed by atoms with Gasteiger partial charge in [0.2, 0.25) is 0 Å². The van der Waals surface area contributed by atoms with Gasteiger partial charge in [0.25, 0.3) is 11.8 Å². The number of carbonyl (C=O) groups excluding carboxylic acids is 1. The van der Waals surface area contributed by atoms with E-state index in [1.165, 1.54) is 17.1 Å². The van der Waals surface area contributed by atoms with Crippen LogP contribution in [0.4, 0.5) is 13.2 Å². The van der Waals surface area contributed by atoms with Crippen molar-refractivity contribution in [1.29, 1.82) is 0 Å². The molecule has 0 N–H and O–H groups in total. The lowest BCUT2D eigenvalue weighted by atomic mass is 10.1. The Bertz CT molecular complexity index is 769. The quantitative estimate of drug-likeness (QED) is 0.817. The molecule has 0 unspecified atom stereocenters. The predicted molar refractivity (Wildman–Crippen MR) is 82.5 cm³/mol. The zero-order valence-electron chi connectivity index (χ0n) is 13.6. The summed E-state index contributed by atoms with van der Waals surface area (Å²) in [5.41, 5.74) is 0.954. The molecule has 4 rings (SSSR count). The van der Waals surface area contributed by atoms with Crippen LogP contribution in [0.25, 0.3) is 0 Å². The highest BCUT2D eigenvalue weighted by atomic mass is 19.3. The first-order valence-corrected chi connectivity index (χ1v) is 8.35. The third kappa shape index (κ3) is 3.29. The number of carbonyl (C=O) groups is 1. The van der Waals surface area contributed by atoms with Crippen molar-refractivity contribution in [3.05, 3.63) is 41.2 Å². The number of rotatable bonds is 5. The zero-order valence-corrected chi connectivity index (χ0v) is 13.6. The molecule has 1 atom stereocenters. The minimum Gasteiger partial charge on any atom is -0.491 e. The molecule has 2 aliphatic carbocycles. The number of nitrogens with zero attached hydrogens (tertiary/aromatic N) is 3. The Morgan fingerprint density at radius 1 is 1.36 bits per heavy atom. The Hall–Kier alpha value is -2.25. The number of ether oxygens (including phenoxy) is 1. The summed E-state index contributed by atoms with van der Waals surface area (Å²) in [6.07, 6.45) is 3.93. The summed E-state index contributed by atoms with van der Waals surface area (Å²) < 4.78 is 46.5. The van der Waals surface area contributed by atoms with Crippen LogP contribution in [-0.2, 0) is 17.9 Å². The second kappa shape index (κ2) is 5.93. The molecule has 0 aromatic carbocycles. The third-order valence-corrected chi connectivity index (χ3v) is 4.75. The summed E-state index contributed by atoms with van der Waals surface area (Å²) in [6, 6.07) is 1.62. The van der Waals surface area contributed by atoms with Crippen molar-refractivity contribution in [2.75, 3.05) is 13.1 Å². The van der Waals surface area contributed by atoms with E-state index in [2.05, 4.69) is 5.10 Å². The van der Waals surface area contributed by atoms with Gasteiger partial charge < -0.3 is 9.64 Å². The summed E-state index contributed by atoms with van der Waals surface area (Å²) in [4.78, 5) is 13.9. The van der Waals surface area contributed by atoms with Crippen molar-refractivity contribution in [2.24, 2.45) is 5.92 Å². The van der Waals surface area contributed by atoms with Gasteiger partial charge in [0, 0.05) is 37.9 Å². The SMILES string of the molecule is O=C1c2cc(COC3=CC(F)=CCC3)nn2CCN1C[C@H]1CC1(F)F. The lowest BCUT2D eigenvalue weighted by Crippen LogP contribution is -2.41. The van der Waals surface area contributed by atoms with E-state index >= 15 is 0 Å². The predicted octanol–water partition coefficient (Wildman–Crippen LogP) is 3.04. The molecule has 5 nitrogen and oxygen atoms in total. The van der Waals surface area contributed by atoms with Crippen LogP contribution >= 0.6 is 0 Å². The Morgan fingerprint density at radius 2 is 2.16 bits per heavy atom. The highest BCUT2D eigenvalue weighted by molar-refractivity contribution is 5.93. The lowest BCUT2D eigenvalue weighted by Gasteiger charge is -2.27. The summed E-state index contributed by atoms with van der Waals surface area (Å²) in [5, 5.41) is 4.32. The first kappa shape index (κ1) is 16.2. The summed E-state index contributed by atoms with van der Waals surface area (Å²) >= 11 is 0. The zero-order chi connectivity index (χ0) is 17.6. The number of hydrogen-bond acceptors (Lipinski definition) is 3. The van der Waals surface area contributed by atoms with Crippen molar-refractivity contribution in [1.82, 2.24) is 14.7 Å². The van der Waals surface area contributed by atoms with E-state index in [9.17, 15) is 18.0 Å². The fraction of sp³-hybridized carbons (Fsp3) is 0.529. The molecule has 1 saturated carbocycles. The van der Waals surface area contributed by atoms with E-state index in [4.69, 9.17) is 4.74 Å². The van der Waals surface area contributed by atoms with Crippen LogP contribution in [-0.4, -0.2) is 39.6 Å². The van der Waals surface area contributed by atoms with E-state index in [1.54, 1.807) is 10.7 Å². The molecule has 0 spiro atoms. The topological polar surface area (TPSA) is 47.4 Å². The summed E-state index contributed by atoms with van der Waals surface area (Å²) in [6.45, 7) is 1.08. The fourth-order valence-electron chi connectivity index (χ4n) is 3.19. The molecule has 0 bridgehead atoms. The van der Waals surface area contributed by atoms with Gasteiger partial charge in [-0.1, -0.05) is 0 Å². The van der Waals surface area contributed by atoms with Gasteiger partial charge in [0.05, 0.1) is 12.3 Å². The Balaban J connectivity index is 1.40. The number of alkyl halides is 2. The maximum absolute atomic E-state index is 13.2. The number of amides is 1.